The zero-order chi connectivity index (χ0) is 19.9. The van der Waals surface area contributed by atoms with Gasteiger partial charge in [-0.15, -0.1) is 0 Å². The quantitative estimate of drug-likeness (QED) is 0.305. The molecule has 1 N–H and O–H groups in total. The van der Waals surface area contributed by atoms with Crippen molar-refractivity contribution < 1.29 is 18.7 Å². The maximum atomic E-state index is 12.2. The molecular weight excluding hydrogens is 424 g/mol. The van der Waals surface area contributed by atoms with Gasteiger partial charge in [0.2, 0.25) is 0 Å². The molecule has 144 valence electrons. The van der Waals surface area contributed by atoms with Crippen LogP contribution < -0.4 is 14.9 Å². The minimum absolute atomic E-state index is 0.197. The summed E-state index contributed by atoms with van der Waals surface area (Å²) < 4.78 is 17.5. The zero-order valence-corrected chi connectivity index (χ0v) is 16.9. The van der Waals surface area contributed by atoms with Gasteiger partial charge < -0.3 is 13.9 Å². The van der Waals surface area contributed by atoms with Crippen molar-refractivity contribution >= 4 is 39.0 Å². The molecule has 0 saturated heterocycles. The Bertz CT molecular complexity index is 993. The van der Waals surface area contributed by atoms with Gasteiger partial charge in [-0.1, -0.05) is 30.9 Å². The molecule has 6 nitrogen and oxygen atoms in total. The van der Waals surface area contributed by atoms with Crippen LogP contribution in [-0.2, 0) is 0 Å². The molecule has 0 aliphatic heterocycles. The number of para-hydroxylation sites is 1. The highest BCUT2D eigenvalue weighted by Crippen LogP contribution is 2.36. The Morgan fingerprint density at radius 1 is 1.29 bits per heavy atom. The predicted molar refractivity (Wildman–Crippen MR) is 112 cm³/mol. The minimum Gasteiger partial charge on any atom is -0.490 e. The summed E-state index contributed by atoms with van der Waals surface area (Å²) in [5.41, 5.74) is 3.84. The van der Waals surface area contributed by atoms with E-state index in [2.05, 4.69) is 33.0 Å². The number of halogens is 1. The van der Waals surface area contributed by atoms with Crippen LogP contribution in [0.15, 0.2) is 69.1 Å². The van der Waals surface area contributed by atoms with E-state index in [-0.39, 0.29) is 5.76 Å². The van der Waals surface area contributed by atoms with Crippen molar-refractivity contribution in [2.24, 2.45) is 5.10 Å². The lowest BCUT2D eigenvalue weighted by atomic mass is 10.2. The second kappa shape index (κ2) is 9.23. The Hall–Kier alpha value is -3.06. The van der Waals surface area contributed by atoms with Crippen molar-refractivity contribution in [1.29, 1.82) is 0 Å². The number of nitrogens with zero attached hydrogens (tertiary/aromatic N) is 1. The highest BCUT2D eigenvalue weighted by Gasteiger charge is 2.13. The first kappa shape index (κ1) is 19.7. The lowest BCUT2D eigenvalue weighted by Crippen LogP contribution is -2.16. The fraction of sp³-hybridized carbons (Fsp3) is 0.143. The number of nitrogens with one attached hydrogen (secondary N) is 1. The molecule has 0 fully saturated rings. The molecule has 7 heteroatoms. The molecule has 1 aromatic heterocycles. The number of hydrogen-bond donors (Lipinski definition) is 1. The van der Waals surface area contributed by atoms with Gasteiger partial charge in [0.15, 0.2) is 17.3 Å². The number of furan rings is 1. The second-order valence-electron chi connectivity index (χ2n) is 5.71. The van der Waals surface area contributed by atoms with Crippen molar-refractivity contribution in [1.82, 2.24) is 5.43 Å². The molecule has 28 heavy (non-hydrogen) atoms. The van der Waals surface area contributed by atoms with Gasteiger partial charge in [0.05, 0.1) is 17.3 Å². The van der Waals surface area contributed by atoms with Gasteiger partial charge in [-0.25, -0.2) is 5.43 Å². The van der Waals surface area contributed by atoms with Crippen LogP contribution in [0.4, 0.5) is 0 Å². The smallest absolute Gasteiger partial charge is 0.307 e. The number of carbonyl (C=O) groups is 1. The normalized spacial score (nSPS) is 10.9. The average molecular weight is 443 g/mol. The molecule has 0 bridgehead atoms. The van der Waals surface area contributed by atoms with E-state index in [4.69, 9.17) is 13.9 Å². The van der Waals surface area contributed by atoms with E-state index in [0.717, 1.165) is 10.9 Å². The Labute approximate surface area is 171 Å². The number of benzene rings is 2. The van der Waals surface area contributed by atoms with Crippen molar-refractivity contribution in [3.05, 3.63) is 70.9 Å². The molecule has 0 aliphatic carbocycles. The minimum atomic E-state index is -0.428. The van der Waals surface area contributed by atoms with E-state index in [0.29, 0.717) is 34.8 Å². The number of rotatable bonds is 8. The lowest BCUT2D eigenvalue weighted by Gasteiger charge is -2.13. The zero-order valence-electron chi connectivity index (χ0n) is 15.3. The Balaban J connectivity index is 1.73. The monoisotopic (exact) mass is 442 g/mol. The van der Waals surface area contributed by atoms with Gasteiger partial charge >= 0.3 is 5.91 Å². The van der Waals surface area contributed by atoms with Crippen LogP contribution in [0.25, 0.3) is 11.0 Å². The van der Waals surface area contributed by atoms with Crippen LogP contribution in [0, 0.1) is 0 Å². The fourth-order valence-electron chi connectivity index (χ4n) is 2.52. The van der Waals surface area contributed by atoms with Crippen molar-refractivity contribution in [2.75, 3.05) is 13.2 Å². The molecule has 1 amide bonds. The van der Waals surface area contributed by atoms with Gasteiger partial charge in [0.25, 0.3) is 0 Å². The molecule has 0 unspecified atom stereocenters. The summed E-state index contributed by atoms with van der Waals surface area (Å²) in [6, 6.07) is 12.7. The molecule has 0 saturated carbocycles. The molecule has 3 aromatic rings. The van der Waals surface area contributed by atoms with Crippen LogP contribution in [0.5, 0.6) is 11.5 Å². The molecule has 0 spiro atoms. The third-order valence-corrected chi connectivity index (χ3v) is 4.30. The number of carbonyl (C=O) groups excluding carboxylic acids is 1. The summed E-state index contributed by atoms with van der Waals surface area (Å²) in [5.74, 6) is 0.930. The molecule has 2 aromatic carbocycles. The van der Waals surface area contributed by atoms with Gasteiger partial charge in [0.1, 0.15) is 12.2 Å². The lowest BCUT2D eigenvalue weighted by molar-refractivity contribution is 0.0929. The van der Waals surface area contributed by atoms with Crippen molar-refractivity contribution in [2.45, 2.75) is 6.92 Å². The van der Waals surface area contributed by atoms with Crippen LogP contribution >= 0.6 is 15.9 Å². The second-order valence-corrected chi connectivity index (χ2v) is 6.56. The van der Waals surface area contributed by atoms with E-state index in [9.17, 15) is 4.79 Å². The van der Waals surface area contributed by atoms with Gasteiger partial charge in [-0.05, 0) is 52.7 Å². The maximum absolute atomic E-state index is 12.2. The summed E-state index contributed by atoms with van der Waals surface area (Å²) in [6.45, 7) is 6.38. The van der Waals surface area contributed by atoms with Crippen LogP contribution in [0.3, 0.4) is 0 Å². The summed E-state index contributed by atoms with van der Waals surface area (Å²) in [5, 5.41) is 4.86. The van der Waals surface area contributed by atoms with Crippen LogP contribution in [-0.4, -0.2) is 25.3 Å². The van der Waals surface area contributed by atoms with E-state index < -0.39 is 5.91 Å². The van der Waals surface area contributed by atoms with Crippen molar-refractivity contribution in [3.63, 3.8) is 0 Å². The number of amides is 1. The fourth-order valence-corrected chi connectivity index (χ4v) is 3.10. The Morgan fingerprint density at radius 3 is 2.86 bits per heavy atom. The molecule has 0 atom stereocenters. The largest absolute Gasteiger partial charge is 0.490 e. The van der Waals surface area contributed by atoms with E-state index in [1.54, 1.807) is 24.3 Å². The summed E-state index contributed by atoms with van der Waals surface area (Å²) in [4.78, 5) is 12.2. The number of fused-ring (bicyclic) bond motifs is 1. The predicted octanol–water partition coefficient (Wildman–Crippen LogP) is 4.92. The van der Waals surface area contributed by atoms with E-state index >= 15 is 0 Å². The van der Waals surface area contributed by atoms with E-state index in [1.807, 2.05) is 31.2 Å². The van der Waals surface area contributed by atoms with Gasteiger partial charge in [-0.2, -0.15) is 5.10 Å². The number of hydrogen-bond acceptors (Lipinski definition) is 5. The highest BCUT2D eigenvalue weighted by molar-refractivity contribution is 9.10. The first-order valence-corrected chi connectivity index (χ1v) is 9.43. The summed E-state index contributed by atoms with van der Waals surface area (Å²) in [7, 11) is 0. The number of ether oxygens (including phenoxy) is 2. The molecule has 0 radical (unpaired) electrons. The molecule has 0 aliphatic rings. The molecule has 3 rings (SSSR count). The third-order valence-electron chi connectivity index (χ3n) is 3.71. The first-order valence-electron chi connectivity index (χ1n) is 8.64. The molecule has 1 heterocycles. The third kappa shape index (κ3) is 4.61. The summed E-state index contributed by atoms with van der Waals surface area (Å²) in [6.07, 6.45) is 3.18. The highest BCUT2D eigenvalue weighted by atomic mass is 79.9. The maximum Gasteiger partial charge on any atom is 0.307 e. The van der Waals surface area contributed by atoms with E-state index in [1.165, 1.54) is 6.21 Å². The Morgan fingerprint density at radius 2 is 2.11 bits per heavy atom. The van der Waals surface area contributed by atoms with Crippen molar-refractivity contribution in [3.8, 4) is 11.5 Å². The van der Waals surface area contributed by atoms with Gasteiger partial charge in [-0.3, -0.25) is 4.79 Å². The average Bonchev–Trinajstić information content (AvgIpc) is 3.12. The van der Waals surface area contributed by atoms with Gasteiger partial charge in [0, 0.05) is 5.39 Å². The standard InChI is InChI=1S/C21H19BrN2O4/c1-3-9-27-20-16(22)10-14(11-18(20)26-4-2)13-23-24-21(25)19-12-15-7-5-6-8-17(15)28-19/h3,5-8,10-13H,1,4,9H2,2H3,(H,24,25)/b23-13+. The SMILES string of the molecule is C=CCOc1c(Br)cc(/C=N/NC(=O)c2cc3ccccc3o2)cc1OCC. The molecular formula is C21H19BrN2O4. The summed E-state index contributed by atoms with van der Waals surface area (Å²) >= 11 is 3.47. The van der Waals surface area contributed by atoms with Crippen LogP contribution in [0.2, 0.25) is 0 Å². The topological polar surface area (TPSA) is 73.1 Å². The Kier molecular flexibility index (Phi) is 6.49. The van der Waals surface area contributed by atoms with Crippen LogP contribution in [0.1, 0.15) is 23.0 Å². The first-order chi connectivity index (χ1) is 13.6. The number of hydrazone groups is 1.